The first-order valence-electron chi connectivity index (χ1n) is 8.33. The van der Waals surface area contributed by atoms with Crippen molar-refractivity contribution in [3.63, 3.8) is 0 Å². The molecule has 1 N–H and O–H groups in total. The van der Waals surface area contributed by atoms with Gasteiger partial charge in [0.05, 0.1) is 6.20 Å². The number of rotatable bonds is 5. The molecule has 0 saturated carbocycles. The van der Waals surface area contributed by atoms with E-state index < -0.39 is 0 Å². The third-order valence-corrected chi connectivity index (χ3v) is 3.85. The number of aryl methyl sites for hydroxylation is 1. The Morgan fingerprint density at radius 2 is 1.93 bits per heavy atom. The second-order valence-corrected chi connectivity index (χ2v) is 5.93. The zero-order valence-corrected chi connectivity index (χ0v) is 14.5. The van der Waals surface area contributed by atoms with Crippen LogP contribution < -0.4 is 5.32 Å². The highest BCUT2D eigenvalue weighted by Gasteiger charge is 2.10. The number of amides is 1. The third kappa shape index (κ3) is 3.90. The van der Waals surface area contributed by atoms with Gasteiger partial charge in [0.25, 0.3) is 0 Å². The molecule has 0 aliphatic rings. The normalized spacial score (nSPS) is 10.7. The summed E-state index contributed by atoms with van der Waals surface area (Å²) < 4.78 is 6.49. The van der Waals surface area contributed by atoms with Gasteiger partial charge in [0.1, 0.15) is 12.2 Å². The Bertz CT molecular complexity index is 1070. The summed E-state index contributed by atoms with van der Waals surface area (Å²) >= 11 is 0. The average Bonchev–Trinajstić information content (AvgIpc) is 3.32. The molecule has 134 valence electrons. The van der Waals surface area contributed by atoms with Gasteiger partial charge in [0.15, 0.2) is 0 Å². The molecule has 8 heteroatoms. The topological polar surface area (TPSA) is 98.7 Å². The molecular weight excluding hydrogens is 344 g/mol. The second-order valence-electron chi connectivity index (χ2n) is 5.93. The summed E-state index contributed by atoms with van der Waals surface area (Å²) in [6.45, 7) is 1.79. The minimum Gasteiger partial charge on any atom is -0.339 e. The average molecular weight is 360 g/mol. The number of benzene rings is 2. The molecule has 4 rings (SSSR count). The number of aromatic nitrogens is 5. The summed E-state index contributed by atoms with van der Waals surface area (Å²) in [7, 11) is 0. The molecule has 0 saturated heterocycles. The van der Waals surface area contributed by atoms with E-state index in [1.807, 2.05) is 42.5 Å². The van der Waals surface area contributed by atoms with E-state index in [-0.39, 0.29) is 12.5 Å². The Labute approximate surface area is 154 Å². The summed E-state index contributed by atoms with van der Waals surface area (Å²) in [6, 6.07) is 16.9. The van der Waals surface area contributed by atoms with Gasteiger partial charge in [-0.05, 0) is 12.1 Å². The molecule has 0 radical (unpaired) electrons. The van der Waals surface area contributed by atoms with Gasteiger partial charge in [0, 0.05) is 23.7 Å². The predicted molar refractivity (Wildman–Crippen MR) is 98.6 cm³/mol. The fourth-order valence-electron chi connectivity index (χ4n) is 2.62. The van der Waals surface area contributed by atoms with E-state index in [0.717, 1.165) is 16.8 Å². The van der Waals surface area contributed by atoms with Gasteiger partial charge in [0.2, 0.25) is 17.6 Å². The van der Waals surface area contributed by atoms with Crippen LogP contribution in [0.3, 0.4) is 0 Å². The van der Waals surface area contributed by atoms with Gasteiger partial charge in [-0.1, -0.05) is 52.8 Å². The highest BCUT2D eigenvalue weighted by atomic mass is 16.5. The molecule has 2 heterocycles. The van der Waals surface area contributed by atoms with E-state index in [1.54, 1.807) is 25.3 Å². The predicted octanol–water partition coefficient (Wildman–Crippen LogP) is 2.94. The molecule has 0 aliphatic heterocycles. The summed E-state index contributed by atoms with van der Waals surface area (Å²) in [5, 5.41) is 14.9. The smallest absolute Gasteiger partial charge is 0.246 e. The number of carbonyl (C=O) groups is 1. The molecule has 0 fully saturated rings. The fourth-order valence-corrected chi connectivity index (χ4v) is 2.62. The van der Waals surface area contributed by atoms with Crippen LogP contribution in [0.1, 0.15) is 5.89 Å². The molecule has 27 heavy (non-hydrogen) atoms. The fraction of sp³-hybridized carbons (Fsp3) is 0.105. The number of hydrogen-bond donors (Lipinski definition) is 1. The van der Waals surface area contributed by atoms with Gasteiger partial charge >= 0.3 is 0 Å². The van der Waals surface area contributed by atoms with Crippen molar-refractivity contribution in [2.75, 3.05) is 5.32 Å². The van der Waals surface area contributed by atoms with Crippen LogP contribution in [0.4, 0.5) is 5.69 Å². The Kier molecular flexibility index (Phi) is 4.44. The van der Waals surface area contributed by atoms with Gasteiger partial charge in [-0.2, -0.15) is 4.98 Å². The van der Waals surface area contributed by atoms with Crippen LogP contribution in [0.5, 0.6) is 0 Å². The molecule has 0 spiro atoms. The largest absolute Gasteiger partial charge is 0.339 e. The molecule has 2 aromatic carbocycles. The molecule has 0 bridgehead atoms. The zero-order chi connectivity index (χ0) is 18.6. The van der Waals surface area contributed by atoms with Crippen LogP contribution in [0.15, 0.2) is 65.3 Å². The standard InChI is InChI=1S/C19H16N6O2/c1-13-20-19(23-27-13)15-8-5-9-16(10-15)21-18(26)12-25-11-17(22-24-25)14-6-3-2-4-7-14/h2-11H,12H2,1H3,(H,21,26). The molecule has 0 unspecified atom stereocenters. The number of nitrogens with zero attached hydrogens (tertiary/aromatic N) is 5. The first-order chi connectivity index (χ1) is 13.2. The maximum absolute atomic E-state index is 12.3. The Hall–Kier alpha value is -3.81. The lowest BCUT2D eigenvalue weighted by Crippen LogP contribution is -2.19. The number of nitrogens with one attached hydrogen (secondary N) is 1. The molecule has 8 nitrogen and oxygen atoms in total. The van der Waals surface area contributed by atoms with Crippen molar-refractivity contribution in [2.24, 2.45) is 0 Å². The molecule has 1 amide bonds. The van der Waals surface area contributed by atoms with Crippen LogP contribution in [0.2, 0.25) is 0 Å². The van der Waals surface area contributed by atoms with Crippen molar-refractivity contribution in [3.8, 4) is 22.6 Å². The lowest BCUT2D eigenvalue weighted by Gasteiger charge is -2.06. The lowest BCUT2D eigenvalue weighted by atomic mass is 10.2. The molecule has 2 aromatic heterocycles. The van der Waals surface area contributed by atoms with Gasteiger partial charge < -0.3 is 9.84 Å². The van der Waals surface area contributed by atoms with Crippen molar-refractivity contribution in [1.82, 2.24) is 25.1 Å². The number of anilines is 1. The minimum atomic E-state index is -0.207. The van der Waals surface area contributed by atoms with Gasteiger partial charge in [-0.25, -0.2) is 4.68 Å². The van der Waals surface area contributed by atoms with Crippen LogP contribution in [-0.4, -0.2) is 31.0 Å². The summed E-state index contributed by atoms with van der Waals surface area (Å²) in [6.07, 6.45) is 1.74. The monoisotopic (exact) mass is 360 g/mol. The van der Waals surface area contributed by atoms with Crippen molar-refractivity contribution in [1.29, 1.82) is 0 Å². The third-order valence-electron chi connectivity index (χ3n) is 3.85. The van der Waals surface area contributed by atoms with Crippen molar-refractivity contribution >= 4 is 11.6 Å². The summed E-state index contributed by atoms with van der Waals surface area (Å²) in [5.41, 5.74) is 3.07. The van der Waals surface area contributed by atoms with Crippen LogP contribution in [-0.2, 0) is 11.3 Å². The lowest BCUT2D eigenvalue weighted by molar-refractivity contribution is -0.116. The van der Waals surface area contributed by atoms with E-state index in [0.29, 0.717) is 17.4 Å². The molecule has 0 aliphatic carbocycles. The van der Waals surface area contributed by atoms with E-state index in [2.05, 4.69) is 25.8 Å². The van der Waals surface area contributed by atoms with E-state index in [4.69, 9.17) is 4.52 Å². The molecule has 4 aromatic rings. The minimum absolute atomic E-state index is 0.0609. The Morgan fingerprint density at radius 1 is 1.11 bits per heavy atom. The maximum Gasteiger partial charge on any atom is 0.246 e. The van der Waals surface area contributed by atoms with Gasteiger partial charge in [-0.3, -0.25) is 4.79 Å². The van der Waals surface area contributed by atoms with E-state index in [1.165, 1.54) is 4.68 Å². The quantitative estimate of drug-likeness (QED) is 0.587. The van der Waals surface area contributed by atoms with Crippen LogP contribution in [0, 0.1) is 6.92 Å². The van der Waals surface area contributed by atoms with E-state index >= 15 is 0 Å². The van der Waals surface area contributed by atoms with Crippen LogP contribution >= 0.6 is 0 Å². The molecular formula is C19H16N6O2. The number of hydrogen-bond acceptors (Lipinski definition) is 6. The number of carbonyl (C=O) groups excluding carboxylic acids is 1. The zero-order valence-electron chi connectivity index (χ0n) is 14.5. The summed E-state index contributed by atoms with van der Waals surface area (Å²) in [5.74, 6) is 0.758. The molecule has 0 atom stereocenters. The first-order valence-corrected chi connectivity index (χ1v) is 8.33. The summed E-state index contributed by atoms with van der Waals surface area (Å²) in [4.78, 5) is 16.5. The Morgan fingerprint density at radius 3 is 2.70 bits per heavy atom. The Balaban J connectivity index is 1.43. The SMILES string of the molecule is Cc1nc(-c2cccc(NC(=O)Cn3cc(-c4ccccc4)nn3)c2)no1. The van der Waals surface area contributed by atoms with E-state index in [9.17, 15) is 4.79 Å². The highest BCUT2D eigenvalue weighted by molar-refractivity contribution is 5.91. The van der Waals surface area contributed by atoms with Crippen molar-refractivity contribution in [2.45, 2.75) is 13.5 Å². The van der Waals surface area contributed by atoms with Crippen molar-refractivity contribution < 1.29 is 9.32 Å². The second kappa shape index (κ2) is 7.20. The highest BCUT2D eigenvalue weighted by Crippen LogP contribution is 2.20. The first kappa shape index (κ1) is 16.6. The van der Waals surface area contributed by atoms with Crippen molar-refractivity contribution in [3.05, 3.63) is 66.7 Å². The van der Waals surface area contributed by atoms with Gasteiger partial charge in [-0.15, -0.1) is 5.10 Å². The maximum atomic E-state index is 12.3. The van der Waals surface area contributed by atoms with Crippen LogP contribution in [0.25, 0.3) is 22.6 Å².